The lowest BCUT2D eigenvalue weighted by atomic mass is 10.1. The normalized spacial score (nSPS) is 11.1. The van der Waals surface area contributed by atoms with Crippen LogP contribution in [0.25, 0.3) is 0 Å². The van der Waals surface area contributed by atoms with Crippen molar-refractivity contribution in [2.75, 3.05) is 5.32 Å². The Morgan fingerprint density at radius 2 is 1.47 bits per heavy atom. The molecule has 0 saturated carbocycles. The highest BCUT2D eigenvalue weighted by Gasteiger charge is 2.32. The van der Waals surface area contributed by atoms with Crippen molar-refractivity contribution in [2.45, 2.75) is 9.65 Å². The van der Waals surface area contributed by atoms with Gasteiger partial charge in [0.2, 0.25) is 0 Å². The molecule has 1 N–H and O–H groups in total. The highest BCUT2D eigenvalue weighted by Crippen LogP contribution is 2.32. The summed E-state index contributed by atoms with van der Waals surface area (Å²) in [4.78, 5) is 12.2. The van der Waals surface area contributed by atoms with Gasteiger partial charge in [-0.1, -0.05) is 80.4 Å². The molecule has 4 heteroatoms. The number of amides is 1. The van der Waals surface area contributed by atoms with Crippen LogP contribution in [-0.4, -0.2) is 9.14 Å². The number of rotatable bonds is 4. The molecule has 0 heterocycles. The van der Waals surface area contributed by atoms with Crippen molar-refractivity contribution in [1.82, 2.24) is 0 Å². The summed E-state index contributed by atoms with van der Waals surface area (Å²) < 4.78 is -0.808. The van der Waals surface area contributed by atoms with E-state index < -0.39 is 3.23 Å². The first-order chi connectivity index (χ1) is 9.08. The Morgan fingerprint density at radius 1 is 0.947 bits per heavy atom. The summed E-state index contributed by atoms with van der Waals surface area (Å²) in [6, 6.07) is 19.3. The van der Waals surface area contributed by atoms with Gasteiger partial charge in [-0.2, -0.15) is 0 Å². The molecule has 0 atom stereocenters. The topological polar surface area (TPSA) is 29.1 Å². The summed E-state index contributed by atoms with van der Waals surface area (Å²) in [5.41, 5.74) is 1.86. The standard InChI is InChI=1S/C15H13Br2NO/c16-15(17,11-12-7-3-1-4-8-12)14(19)18-13-9-5-2-6-10-13/h1-10H,11H2,(H,18,19). The lowest BCUT2D eigenvalue weighted by Crippen LogP contribution is -2.33. The second-order valence-electron chi connectivity index (χ2n) is 4.19. The summed E-state index contributed by atoms with van der Waals surface area (Å²) in [5, 5.41) is 2.87. The van der Waals surface area contributed by atoms with Crippen LogP contribution in [-0.2, 0) is 11.2 Å². The van der Waals surface area contributed by atoms with Crippen molar-refractivity contribution >= 4 is 43.5 Å². The Morgan fingerprint density at radius 3 is 2.05 bits per heavy atom. The van der Waals surface area contributed by atoms with Crippen LogP contribution in [0.2, 0.25) is 0 Å². The van der Waals surface area contributed by atoms with Crippen LogP contribution in [0, 0.1) is 0 Å². The zero-order valence-electron chi connectivity index (χ0n) is 10.1. The molecule has 2 aromatic rings. The molecule has 0 saturated heterocycles. The largest absolute Gasteiger partial charge is 0.324 e. The average molecular weight is 383 g/mol. The summed E-state index contributed by atoms with van der Waals surface area (Å²) in [6.07, 6.45) is 0.562. The Bertz CT molecular complexity index is 541. The Hall–Kier alpha value is -1.13. The second kappa shape index (κ2) is 6.35. The molecular formula is C15H13Br2NO. The van der Waals surface area contributed by atoms with Crippen molar-refractivity contribution in [2.24, 2.45) is 0 Å². The monoisotopic (exact) mass is 381 g/mol. The summed E-state index contributed by atoms with van der Waals surface area (Å²) in [6.45, 7) is 0. The zero-order chi connectivity index (χ0) is 13.7. The minimum atomic E-state index is -0.808. The molecule has 2 aromatic carbocycles. The summed E-state index contributed by atoms with van der Waals surface area (Å²) in [5.74, 6) is -0.123. The third kappa shape index (κ3) is 4.18. The number of benzene rings is 2. The SMILES string of the molecule is O=C(Nc1ccccc1)C(Br)(Br)Cc1ccccc1. The van der Waals surface area contributed by atoms with Gasteiger partial charge in [-0.25, -0.2) is 0 Å². The van der Waals surface area contributed by atoms with Gasteiger partial charge < -0.3 is 5.32 Å². The number of hydrogen-bond acceptors (Lipinski definition) is 1. The van der Waals surface area contributed by atoms with Crippen LogP contribution >= 0.6 is 31.9 Å². The predicted octanol–water partition coefficient (Wildman–Crippen LogP) is 4.35. The van der Waals surface area contributed by atoms with Gasteiger partial charge in [-0.3, -0.25) is 4.79 Å². The molecule has 2 nitrogen and oxygen atoms in total. The molecule has 0 bridgehead atoms. The molecule has 0 fully saturated rings. The van der Waals surface area contributed by atoms with Crippen molar-refractivity contribution < 1.29 is 4.79 Å². The minimum absolute atomic E-state index is 0.123. The van der Waals surface area contributed by atoms with E-state index in [1.54, 1.807) is 0 Å². The van der Waals surface area contributed by atoms with Gasteiger partial charge in [0.25, 0.3) is 5.91 Å². The predicted molar refractivity (Wildman–Crippen MR) is 85.8 cm³/mol. The maximum absolute atomic E-state index is 12.2. The molecule has 0 aromatic heterocycles. The number of alkyl halides is 2. The molecule has 0 aliphatic heterocycles. The highest BCUT2D eigenvalue weighted by molar-refractivity contribution is 9.25. The van der Waals surface area contributed by atoms with Gasteiger partial charge in [0, 0.05) is 12.1 Å². The quantitative estimate of drug-likeness (QED) is 0.782. The average Bonchev–Trinajstić information content (AvgIpc) is 2.40. The van der Waals surface area contributed by atoms with E-state index in [2.05, 4.69) is 37.2 Å². The van der Waals surface area contributed by atoms with Crippen molar-refractivity contribution in [1.29, 1.82) is 0 Å². The van der Waals surface area contributed by atoms with Gasteiger partial charge in [0.1, 0.15) is 0 Å². The van der Waals surface area contributed by atoms with Gasteiger partial charge >= 0.3 is 0 Å². The molecular weight excluding hydrogens is 370 g/mol. The van der Waals surface area contributed by atoms with Gasteiger partial charge in [-0.15, -0.1) is 0 Å². The van der Waals surface area contributed by atoms with E-state index in [1.807, 2.05) is 60.7 Å². The number of halogens is 2. The number of hydrogen-bond donors (Lipinski definition) is 1. The first-order valence-corrected chi connectivity index (χ1v) is 7.45. The molecule has 0 unspecified atom stereocenters. The van der Waals surface area contributed by atoms with Gasteiger partial charge in [-0.05, 0) is 17.7 Å². The number of anilines is 1. The maximum Gasteiger partial charge on any atom is 0.252 e. The zero-order valence-corrected chi connectivity index (χ0v) is 13.3. The smallest absolute Gasteiger partial charge is 0.252 e. The fraction of sp³-hybridized carbons (Fsp3) is 0.133. The Kier molecular flexibility index (Phi) is 4.77. The Labute approximate surface area is 129 Å². The number of carbonyl (C=O) groups excluding carboxylic acids is 1. The van der Waals surface area contributed by atoms with Crippen LogP contribution in [0.1, 0.15) is 5.56 Å². The molecule has 19 heavy (non-hydrogen) atoms. The first-order valence-electron chi connectivity index (χ1n) is 5.86. The van der Waals surface area contributed by atoms with E-state index in [4.69, 9.17) is 0 Å². The maximum atomic E-state index is 12.2. The van der Waals surface area contributed by atoms with E-state index in [0.29, 0.717) is 6.42 Å². The van der Waals surface area contributed by atoms with Gasteiger partial charge in [0.15, 0.2) is 3.23 Å². The lowest BCUT2D eigenvalue weighted by molar-refractivity contribution is -0.116. The first kappa shape index (κ1) is 14.3. The molecule has 2 rings (SSSR count). The number of carbonyl (C=O) groups is 1. The van der Waals surface area contributed by atoms with Crippen molar-refractivity contribution in [3.05, 3.63) is 66.2 Å². The van der Waals surface area contributed by atoms with Crippen LogP contribution in [0.5, 0.6) is 0 Å². The van der Waals surface area contributed by atoms with Crippen molar-refractivity contribution in [3.63, 3.8) is 0 Å². The summed E-state index contributed by atoms with van der Waals surface area (Å²) in [7, 11) is 0. The van der Waals surface area contributed by atoms with Gasteiger partial charge in [0.05, 0.1) is 0 Å². The minimum Gasteiger partial charge on any atom is -0.324 e. The Balaban J connectivity index is 2.05. The second-order valence-corrected chi connectivity index (χ2v) is 7.96. The highest BCUT2D eigenvalue weighted by atomic mass is 79.9. The molecule has 0 radical (unpaired) electrons. The number of nitrogens with one attached hydrogen (secondary N) is 1. The van der Waals surface area contributed by atoms with Crippen LogP contribution in [0.3, 0.4) is 0 Å². The van der Waals surface area contributed by atoms with E-state index in [9.17, 15) is 4.79 Å². The van der Waals surface area contributed by atoms with Crippen LogP contribution in [0.15, 0.2) is 60.7 Å². The molecule has 0 aliphatic rings. The fourth-order valence-corrected chi connectivity index (χ4v) is 2.52. The molecule has 1 amide bonds. The number of para-hydroxylation sites is 1. The lowest BCUT2D eigenvalue weighted by Gasteiger charge is -2.20. The third-order valence-corrected chi connectivity index (χ3v) is 3.91. The molecule has 98 valence electrons. The summed E-state index contributed by atoms with van der Waals surface area (Å²) >= 11 is 6.89. The van der Waals surface area contributed by atoms with Crippen LogP contribution < -0.4 is 5.32 Å². The molecule has 0 spiro atoms. The van der Waals surface area contributed by atoms with E-state index in [1.165, 1.54) is 0 Å². The van der Waals surface area contributed by atoms with Crippen molar-refractivity contribution in [3.8, 4) is 0 Å². The third-order valence-electron chi connectivity index (χ3n) is 2.63. The van der Waals surface area contributed by atoms with E-state index in [-0.39, 0.29) is 5.91 Å². The van der Waals surface area contributed by atoms with E-state index >= 15 is 0 Å². The van der Waals surface area contributed by atoms with E-state index in [0.717, 1.165) is 11.3 Å². The van der Waals surface area contributed by atoms with Crippen LogP contribution in [0.4, 0.5) is 5.69 Å². The fourth-order valence-electron chi connectivity index (χ4n) is 1.68. The molecule has 0 aliphatic carbocycles.